The molecule has 3 rings (SSSR count). The van der Waals surface area contributed by atoms with Gasteiger partial charge in [0.2, 0.25) is 5.82 Å². The molecule has 0 bridgehead atoms. The maximum absolute atomic E-state index is 9.07. The first kappa shape index (κ1) is 11.9. The summed E-state index contributed by atoms with van der Waals surface area (Å²) in [5, 5.41) is 12.6. The van der Waals surface area contributed by atoms with Crippen molar-refractivity contribution >= 4 is 0 Å². The van der Waals surface area contributed by atoms with Gasteiger partial charge in [-0.15, -0.1) is 0 Å². The van der Waals surface area contributed by atoms with Crippen LogP contribution in [0.25, 0.3) is 5.69 Å². The molecule has 0 unspecified atom stereocenters. The Morgan fingerprint density at radius 1 is 1.47 bits per heavy atom. The van der Waals surface area contributed by atoms with Crippen LogP contribution in [0, 0.1) is 18.3 Å². The number of hydrogen-bond acceptors (Lipinski definition) is 3. The van der Waals surface area contributed by atoms with Gasteiger partial charge in [0.1, 0.15) is 6.07 Å². The van der Waals surface area contributed by atoms with Crippen molar-refractivity contribution in [3.63, 3.8) is 0 Å². The molecule has 19 heavy (non-hydrogen) atoms. The highest BCUT2D eigenvalue weighted by Gasteiger charge is 2.20. The van der Waals surface area contributed by atoms with Gasteiger partial charge in [-0.2, -0.15) is 5.26 Å². The van der Waals surface area contributed by atoms with Gasteiger partial charge in [-0.1, -0.05) is 12.1 Å². The van der Waals surface area contributed by atoms with Crippen LogP contribution in [0.5, 0.6) is 0 Å². The van der Waals surface area contributed by atoms with Gasteiger partial charge in [0, 0.05) is 25.0 Å². The van der Waals surface area contributed by atoms with E-state index in [2.05, 4.69) is 41.5 Å². The van der Waals surface area contributed by atoms with Crippen molar-refractivity contribution < 1.29 is 0 Å². The van der Waals surface area contributed by atoms with Gasteiger partial charge in [-0.05, 0) is 37.0 Å². The predicted octanol–water partition coefficient (Wildman–Crippen LogP) is 2.30. The van der Waals surface area contributed by atoms with Crippen molar-refractivity contribution in [1.29, 1.82) is 5.26 Å². The summed E-state index contributed by atoms with van der Waals surface area (Å²) >= 11 is 0. The fourth-order valence-electron chi connectivity index (χ4n) is 2.15. The maximum atomic E-state index is 9.07. The summed E-state index contributed by atoms with van der Waals surface area (Å²) in [7, 11) is 0. The number of nitriles is 1. The molecule has 0 radical (unpaired) electrons. The minimum absolute atomic E-state index is 0.426. The lowest BCUT2D eigenvalue weighted by molar-refractivity contribution is 0.687. The Labute approximate surface area is 112 Å². The van der Waals surface area contributed by atoms with Gasteiger partial charge in [0.25, 0.3) is 0 Å². The number of rotatable bonds is 4. The maximum Gasteiger partial charge on any atom is 0.217 e. The van der Waals surface area contributed by atoms with Crippen LogP contribution in [0.3, 0.4) is 0 Å². The predicted molar refractivity (Wildman–Crippen MR) is 72.9 cm³/mol. The normalized spacial score (nSPS) is 14.3. The van der Waals surface area contributed by atoms with Crippen molar-refractivity contribution in [3.05, 3.63) is 47.5 Å². The summed E-state index contributed by atoms with van der Waals surface area (Å²) in [6.45, 7) is 2.93. The van der Waals surface area contributed by atoms with Crippen molar-refractivity contribution in [1.82, 2.24) is 14.9 Å². The zero-order valence-electron chi connectivity index (χ0n) is 10.9. The molecule has 4 heteroatoms. The van der Waals surface area contributed by atoms with E-state index >= 15 is 0 Å². The third-order valence-corrected chi connectivity index (χ3v) is 3.45. The van der Waals surface area contributed by atoms with E-state index in [0.29, 0.717) is 11.9 Å². The summed E-state index contributed by atoms with van der Waals surface area (Å²) < 4.78 is 1.84. The highest BCUT2D eigenvalue weighted by atomic mass is 15.1. The average molecular weight is 252 g/mol. The Morgan fingerprint density at radius 3 is 3.05 bits per heavy atom. The zero-order valence-corrected chi connectivity index (χ0v) is 10.9. The number of aryl methyl sites for hydroxylation is 1. The summed E-state index contributed by atoms with van der Waals surface area (Å²) in [4.78, 5) is 4.05. The number of nitrogens with one attached hydrogen (secondary N) is 1. The lowest BCUT2D eigenvalue weighted by Crippen LogP contribution is -2.15. The van der Waals surface area contributed by atoms with Gasteiger partial charge in [0.05, 0.1) is 5.69 Å². The molecular weight excluding hydrogens is 236 g/mol. The van der Waals surface area contributed by atoms with E-state index in [1.165, 1.54) is 18.4 Å². The van der Waals surface area contributed by atoms with Gasteiger partial charge in [-0.25, -0.2) is 4.98 Å². The molecule has 1 N–H and O–H groups in total. The summed E-state index contributed by atoms with van der Waals surface area (Å²) in [5.41, 5.74) is 3.42. The molecular formula is C15H16N4. The van der Waals surface area contributed by atoms with Crippen LogP contribution in [0.15, 0.2) is 30.6 Å². The number of nitrogens with zero attached hydrogens (tertiary/aromatic N) is 3. The second-order valence-electron chi connectivity index (χ2n) is 5.01. The van der Waals surface area contributed by atoms with E-state index in [9.17, 15) is 0 Å². The molecule has 0 saturated heterocycles. The van der Waals surface area contributed by atoms with Gasteiger partial charge < -0.3 is 5.32 Å². The average Bonchev–Trinajstić information content (AvgIpc) is 3.13. The van der Waals surface area contributed by atoms with E-state index < -0.39 is 0 Å². The molecule has 96 valence electrons. The Hall–Kier alpha value is -2.12. The Balaban J connectivity index is 1.91. The van der Waals surface area contributed by atoms with Gasteiger partial charge >= 0.3 is 0 Å². The first-order valence-electron chi connectivity index (χ1n) is 6.54. The topological polar surface area (TPSA) is 53.6 Å². The van der Waals surface area contributed by atoms with E-state index in [1.807, 2.05) is 10.8 Å². The van der Waals surface area contributed by atoms with Crippen LogP contribution < -0.4 is 5.32 Å². The molecule has 4 nitrogen and oxygen atoms in total. The number of hydrogen-bond donors (Lipinski definition) is 1. The molecule has 1 aromatic heterocycles. The molecule has 1 heterocycles. The van der Waals surface area contributed by atoms with E-state index in [-0.39, 0.29) is 0 Å². The fraction of sp³-hybridized carbons (Fsp3) is 0.333. The summed E-state index contributed by atoms with van der Waals surface area (Å²) in [5.74, 6) is 0.426. The fourth-order valence-corrected chi connectivity index (χ4v) is 2.15. The smallest absolute Gasteiger partial charge is 0.217 e. The standard InChI is InChI=1S/C15H16N4/c1-11-2-3-12(10-18-13-4-5-13)8-14(11)19-7-6-17-15(19)9-16/h2-3,6-8,13,18H,4-5,10H2,1H3. The van der Waals surface area contributed by atoms with Crippen molar-refractivity contribution in [2.75, 3.05) is 0 Å². The summed E-state index contributed by atoms with van der Waals surface area (Å²) in [6, 6.07) is 9.18. The molecule has 1 fully saturated rings. The Morgan fingerprint density at radius 2 is 2.32 bits per heavy atom. The van der Waals surface area contributed by atoms with Crippen LogP contribution >= 0.6 is 0 Å². The van der Waals surface area contributed by atoms with E-state index in [1.54, 1.807) is 6.20 Å². The highest BCUT2D eigenvalue weighted by Crippen LogP contribution is 2.21. The molecule has 0 atom stereocenters. The second kappa shape index (κ2) is 4.87. The van der Waals surface area contributed by atoms with Crippen LogP contribution in [-0.2, 0) is 6.54 Å². The monoisotopic (exact) mass is 252 g/mol. The first-order chi connectivity index (χ1) is 9.28. The minimum Gasteiger partial charge on any atom is -0.310 e. The van der Waals surface area contributed by atoms with Crippen LogP contribution in [0.4, 0.5) is 0 Å². The minimum atomic E-state index is 0.426. The molecule has 2 aromatic rings. The quantitative estimate of drug-likeness (QED) is 0.908. The number of imidazole rings is 1. The lowest BCUT2D eigenvalue weighted by Gasteiger charge is -2.11. The first-order valence-corrected chi connectivity index (χ1v) is 6.54. The third-order valence-electron chi connectivity index (χ3n) is 3.45. The molecule has 1 saturated carbocycles. The van der Waals surface area contributed by atoms with E-state index in [0.717, 1.165) is 17.8 Å². The SMILES string of the molecule is Cc1ccc(CNC2CC2)cc1-n1ccnc1C#N. The van der Waals surface area contributed by atoms with Crippen LogP contribution in [0.1, 0.15) is 29.8 Å². The Bertz CT molecular complexity index is 632. The van der Waals surface area contributed by atoms with Crippen LogP contribution in [-0.4, -0.2) is 15.6 Å². The lowest BCUT2D eigenvalue weighted by atomic mass is 10.1. The van der Waals surface area contributed by atoms with Crippen molar-refractivity contribution in [2.45, 2.75) is 32.4 Å². The number of aromatic nitrogens is 2. The summed E-state index contributed by atoms with van der Waals surface area (Å²) in [6.07, 6.45) is 6.07. The zero-order chi connectivity index (χ0) is 13.2. The molecule has 1 aromatic carbocycles. The van der Waals surface area contributed by atoms with E-state index in [4.69, 9.17) is 5.26 Å². The van der Waals surface area contributed by atoms with Crippen molar-refractivity contribution in [3.8, 4) is 11.8 Å². The molecule has 1 aliphatic carbocycles. The third kappa shape index (κ3) is 2.51. The Kier molecular flexibility index (Phi) is 3.06. The molecule has 1 aliphatic rings. The number of benzene rings is 1. The van der Waals surface area contributed by atoms with Gasteiger partial charge in [0.15, 0.2) is 0 Å². The molecule has 0 aliphatic heterocycles. The molecule has 0 spiro atoms. The van der Waals surface area contributed by atoms with Gasteiger partial charge in [-0.3, -0.25) is 4.57 Å². The molecule has 0 amide bonds. The second-order valence-corrected chi connectivity index (χ2v) is 5.01. The van der Waals surface area contributed by atoms with Crippen LogP contribution in [0.2, 0.25) is 0 Å². The largest absolute Gasteiger partial charge is 0.310 e. The highest BCUT2D eigenvalue weighted by molar-refractivity contribution is 5.45. The van der Waals surface area contributed by atoms with Crippen molar-refractivity contribution in [2.24, 2.45) is 0 Å².